The fourth-order valence-electron chi connectivity index (χ4n) is 1.72. The molecule has 0 aliphatic heterocycles. The van der Waals surface area contributed by atoms with Crippen LogP contribution < -0.4 is 10.1 Å². The summed E-state index contributed by atoms with van der Waals surface area (Å²) in [4.78, 5) is 15.5. The van der Waals surface area contributed by atoms with Gasteiger partial charge in [-0.05, 0) is 25.0 Å². The number of aromatic nitrogens is 1. The molecule has 4 heteroatoms. The van der Waals surface area contributed by atoms with Crippen molar-refractivity contribution in [1.82, 2.24) is 10.3 Å². The third-order valence-corrected chi connectivity index (χ3v) is 2.80. The van der Waals surface area contributed by atoms with Gasteiger partial charge in [-0.15, -0.1) is 0 Å². The zero-order valence-corrected chi connectivity index (χ0v) is 11.7. The summed E-state index contributed by atoms with van der Waals surface area (Å²) in [5.41, 5.74) is 0. The lowest BCUT2D eigenvalue weighted by molar-refractivity contribution is -0.121. The molecule has 0 atom stereocenters. The second-order valence-corrected chi connectivity index (χ2v) is 4.55. The number of hydrogen-bond acceptors (Lipinski definition) is 3. The molecule has 1 rings (SSSR count). The third kappa shape index (κ3) is 8.19. The van der Waals surface area contributed by atoms with E-state index in [0.717, 1.165) is 25.1 Å². The molecule has 4 nitrogen and oxygen atoms in total. The number of rotatable bonds is 10. The summed E-state index contributed by atoms with van der Waals surface area (Å²) in [7, 11) is 0. The number of nitrogens with zero attached hydrogens (tertiary/aromatic N) is 1. The second-order valence-electron chi connectivity index (χ2n) is 4.55. The zero-order chi connectivity index (χ0) is 13.8. The lowest BCUT2D eigenvalue weighted by atomic mass is 10.2. The van der Waals surface area contributed by atoms with E-state index in [-0.39, 0.29) is 5.91 Å². The summed E-state index contributed by atoms with van der Waals surface area (Å²) in [6.07, 6.45) is 9.37. The quantitative estimate of drug-likeness (QED) is 0.661. The van der Waals surface area contributed by atoms with Crippen LogP contribution in [0.5, 0.6) is 5.75 Å². The second kappa shape index (κ2) is 10.4. The minimum Gasteiger partial charge on any atom is -0.492 e. The Hall–Kier alpha value is -1.58. The molecular weight excluding hydrogens is 240 g/mol. The number of nitrogens with one attached hydrogen (secondary N) is 1. The molecule has 0 aromatic carbocycles. The van der Waals surface area contributed by atoms with Gasteiger partial charge in [0.2, 0.25) is 5.91 Å². The van der Waals surface area contributed by atoms with E-state index in [0.29, 0.717) is 13.0 Å². The monoisotopic (exact) mass is 264 g/mol. The number of amides is 1. The van der Waals surface area contributed by atoms with Crippen molar-refractivity contribution in [3.8, 4) is 5.75 Å². The minimum atomic E-state index is 0.117. The van der Waals surface area contributed by atoms with E-state index in [1.807, 2.05) is 12.1 Å². The number of hydrogen-bond donors (Lipinski definition) is 1. The topological polar surface area (TPSA) is 51.2 Å². The number of carbonyl (C=O) groups is 1. The molecule has 1 N–H and O–H groups in total. The first kappa shape index (κ1) is 15.5. The highest BCUT2D eigenvalue weighted by atomic mass is 16.5. The molecule has 1 aromatic heterocycles. The van der Waals surface area contributed by atoms with E-state index >= 15 is 0 Å². The van der Waals surface area contributed by atoms with Crippen LogP contribution in [0.3, 0.4) is 0 Å². The Bertz CT molecular complexity index is 341. The van der Waals surface area contributed by atoms with E-state index in [4.69, 9.17) is 4.74 Å². The van der Waals surface area contributed by atoms with Crippen molar-refractivity contribution in [2.45, 2.75) is 45.4 Å². The first-order valence-corrected chi connectivity index (χ1v) is 7.12. The van der Waals surface area contributed by atoms with Gasteiger partial charge in [-0.2, -0.15) is 0 Å². The number of carbonyl (C=O) groups excluding carboxylic acids is 1. The normalized spacial score (nSPS) is 10.2. The number of ether oxygens (including phenoxy) is 1. The lowest BCUT2D eigenvalue weighted by Crippen LogP contribution is -2.24. The molecule has 0 saturated carbocycles. The van der Waals surface area contributed by atoms with Crippen molar-refractivity contribution >= 4 is 5.91 Å². The lowest BCUT2D eigenvalue weighted by Gasteiger charge is -2.06. The Balaban J connectivity index is 1.95. The number of unbranched alkanes of at least 4 members (excludes halogenated alkanes) is 3. The van der Waals surface area contributed by atoms with Crippen LogP contribution in [0.2, 0.25) is 0 Å². The van der Waals surface area contributed by atoms with Crippen molar-refractivity contribution in [3.05, 3.63) is 24.5 Å². The largest absolute Gasteiger partial charge is 0.492 e. The molecule has 0 unspecified atom stereocenters. The average Bonchev–Trinajstić information content (AvgIpc) is 2.44. The Morgan fingerprint density at radius 1 is 1.32 bits per heavy atom. The average molecular weight is 264 g/mol. The molecule has 1 heterocycles. The molecule has 0 saturated heterocycles. The van der Waals surface area contributed by atoms with E-state index in [1.165, 1.54) is 19.3 Å². The van der Waals surface area contributed by atoms with Crippen LogP contribution >= 0.6 is 0 Å². The van der Waals surface area contributed by atoms with Gasteiger partial charge in [0, 0.05) is 19.2 Å². The molecule has 0 spiro atoms. The molecule has 0 radical (unpaired) electrons. The smallest absolute Gasteiger partial charge is 0.220 e. The zero-order valence-electron chi connectivity index (χ0n) is 11.7. The highest BCUT2D eigenvalue weighted by Crippen LogP contribution is 2.06. The van der Waals surface area contributed by atoms with Gasteiger partial charge in [0.05, 0.1) is 12.8 Å². The molecule has 0 bridgehead atoms. The van der Waals surface area contributed by atoms with Crippen LogP contribution in [0, 0.1) is 0 Å². The highest BCUT2D eigenvalue weighted by Gasteiger charge is 2.00. The first-order valence-electron chi connectivity index (χ1n) is 7.12. The summed E-state index contributed by atoms with van der Waals surface area (Å²) in [5.74, 6) is 0.869. The molecule has 106 valence electrons. The fourth-order valence-corrected chi connectivity index (χ4v) is 1.72. The van der Waals surface area contributed by atoms with Crippen LogP contribution in [-0.4, -0.2) is 24.0 Å². The molecule has 1 amide bonds. The van der Waals surface area contributed by atoms with Crippen LogP contribution in [0.1, 0.15) is 45.4 Å². The maximum atomic E-state index is 11.5. The Labute approximate surface area is 115 Å². The Morgan fingerprint density at radius 3 is 2.95 bits per heavy atom. The molecule has 0 fully saturated rings. The van der Waals surface area contributed by atoms with Crippen LogP contribution in [0.25, 0.3) is 0 Å². The van der Waals surface area contributed by atoms with Gasteiger partial charge in [0.25, 0.3) is 0 Å². The van der Waals surface area contributed by atoms with Crippen molar-refractivity contribution in [2.75, 3.05) is 13.2 Å². The van der Waals surface area contributed by atoms with E-state index in [1.54, 1.807) is 12.4 Å². The van der Waals surface area contributed by atoms with E-state index in [9.17, 15) is 4.79 Å². The van der Waals surface area contributed by atoms with Gasteiger partial charge in [-0.1, -0.05) is 26.2 Å². The molecule has 19 heavy (non-hydrogen) atoms. The molecule has 0 aliphatic rings. The summed E-state index contributed by atoms with van der Waals surface area (Å²) < 4.78 is 5.47. The summed E-state index contributed by atoms with van der Waals surface area (Å²) >= 11 is 0. The van der Waals surface area contributed by atoms with Gasteiger partial charge in [-0.3, -0.25) is 9.78 Å². The highest BCUT2D eigenvalue weighted by molar-refractivity contribution is 5.75. The molecular formula is C15H24N2O2. The van der Waals surface area contributed by atoms with Gasteiger partial charge in [-0.25, -0.2) is 0 Å². The van der Waals surface area contributed by atoms with E-state index in [2.05, 4.69) is 17.2 Å². The summed E-state index contributed by atoms with van der Waals surface area (Å²) in [6.45, 7) is 3.53. The van der Waals surface area contributed by atoms with Crippen LogP contribution in [-0.2, 0) is 4.79 Å². The SMILES string of the molecule is CCCCCCNC(=O)CCCOc1cccnc1. The third-order valence-electron chi connectivity index (χ3n) is 2.80. The molecule has 0 aliphatic carbocycles. The van der Waals surface area contributed by atoms with Gasteiger partial charge in [0.1, 0.15) is 5.75 Å². The molecule has 1 aromatic rings. The predicted octanol–water partition coefficient (Wildman–Crippen LogP) is 2.94. The van der Waals surface area contributed by atoms with Crippen molar-refractivity contribution < 1.29 is 9.53 Å². The van der Waals surface area contributed by atoms with Gasteiger partial charge in [0.15, 0.2) is 0 Å². The number of pyridine rings is 1. The van der Waals surface area contributed by atoms with Gasteiger partial charge < -0.3 is 10.1 Å². The predicted molar refractivity (Wildman–Crippen MR) is 76.1 cm³/mol. The minimum absolute atomic E-state index is 0.117. The maximum absolute atomic E-state index is 11.5. The van der Waals surface area contributed by atoms with Crippen LogP contribution in [0.4, 0.5) is 0 Å². The Morgan fingerprint density at radius 2 is 2.21 bits per heavy atom. The summed E-state index contributed by atoms with van der Waals surface area (Å²) in [5, 5.41) is 2.93. The first-order chi connectivity index (χ1) is 9.33. The van der Waals surface area contributed by atoms with Crippen molar-refractivity contribution in [3.63, 3.8) is 0 Å². The van der Waals surface area contributed by atoms with Gasteiger partial charge >= 0.3 is 0 Å². The Kier molecular flexibility index (Phi) is 8.43. The maximum Gasteiger partial charge on any atom is 0.220 e. The van der Waals surface area contributed by atoms with Crippen molar-refractivity contribution in [2.24, 2.45) is 0 Å². The summed E-state index contributed by atoms with van der Waals surface area (Å²) in [6, 6.07) is 3.69. The van der Waals surface area contributed by atoms with Crippen LogP contribution in [0.15, 0.2) is 24.5 Å². The standard InChI is InChI=1S/C15H24N2O2/c1-2-3-4-5-11-17-15(18)9-7-12-19-14-8-6-10-16-13-14/h6,8,10,13H,2-5,7,9,11-12H2,1H3,(H,17,18). The fraction of sp³-hybridized carbons (Fsp3) is 0.600. The van der Waals surface area contributed by atoms with Crippen molar-refractivity contribution in [1.29, 1.82) is 0 Å². The van der Waals surface area contributed by atoms with E-state index < -0.39 is 0 Å².